The van der Waals surface area contributed by atoms with E-state index >= 15 is 0 Å². The van der Waals surface area contributed by atoms with Crippen LogP contribution in [0.1, 0.15) is 22.6 Å². The highest BCUT2D eigenvalue weighted by molar-refractivity contribution is 8.00. The number of halogens is 1. The van der Waals surface area contributed by atoms with Crippen molar-refractivity contribution in [3.05, 3.63) is 87.6 Å². The largest absolute Gasteiger partial charge is 0.339 e. The van der Waals surface area contributed by atoms with Gasteiger partial charge in [-0.15, -0.1) is 23.1 Å². The highest BCUT2D eigenvalue weighted by Crippen LogP contribution is 2.49. The molecule has 0 radical (unpaired) electrons. The van der Waals surface area contributed by atoms with Crippen LogP contribution in [-0.4, -0.2) is 75.8 Å². The van der Waals surface area contributed by atoms with Crippen LogP contribution in [0.15, 0.2) is 72.1 Å². The predicted octanol–water partition coefficient (Wildman–Crippen LogP) is 5.11. The van der Waals surface area contributed by atoms with Crippen LogP contribution in [0.3, 0.4) is 0 Å². The molecule has 8 nitrogen and oxygen atoms in total. The molecule has 11 heteroatoms. The van der Waals surface area contributed by atoms with Crippen molar-refractivity contribution < 1.29 is 14.4 Å². The summed E-state index contributed by atoms with van der Waals surface area (Å²) in [6.07, 6.45) is 0. The quantitative estimate of drug-likeness (QED) is 0.316. The van der Waals surface area contributed by atoms with Gasteiger partial charge in [-0.3, -0.25) is 19.3 Å². The fourth-order valence-electron chi connectivity index (χ4n) is 5.29. The summed E-state index contributed by atoms with van der Waals surface area (Å²) in [5.41, 5.74) is 3.17. The van der Waals surface area contributed by atoms with Gasteiger partial charge in [-0.05, 0) is 23.6 Å². The molecule has 2 aromatic heterocycles. The molecule has 6 rings (SSSR count). The number of thioether (sulfide) groups is 1. The lowest BCUT2D eigenvalue weighted by atomic mass is 10.0. The molecule has 0 N–H and O–H groups in total. The molecule has 1 atom stereocenters. The van der Waals surface area contributed by atoms with Gasteiger partial charge in [-0.2, -0.15) is 5.10 Å². The number of piperazine rings is 1. The van der Waals surface area contributed by atoms with Crippen molar-refractivity contribution in [1.82, 2.24) is 19.6 Å². The highest BCUT2D eigenvalue weighted by Gasteiger charge is 2.39. The number of para-hydroxylation sites is 1. The highest BCUT2D eigenvalue weighted by atomic mass is 35.5. The molecule has 4 heterocycles. The molecular weight excluding hydrogens is 578 g/mol. The average molecular weight is 606 g/mol. The summed E-state index contributed by atoms with van der Waals surface area (Å²) in [4.78, 5) is 45.5. The third-order valence-electron chi connectivity index (χ3n) is 7.39. The van der Waals surface area contributed by atoms with Crippen molar-refractivity contribution in [1.29, 1.82) is 0 Å². The maximum atomic E-state index is 13.9. The van der Waals surface area contributed by atoms with Crippen molar-refractivity contribution in [3.63, 3.8) is 0 Å². The Balaban J connectivity index is 1.50. The smallest absolute Gasteiger partial charge is 0.242 e. The van der Waals surface area contributed by atoms with Crippen molar-refractivity contribution in [2.45, 2.75) is 12.2 Å². The van der Waals surface area contributed by atoms with Crippen molar-refractivity contribution in [2.24, 2.45) is 0 Å². The number of fused-ring (bicyclic) bond motifs is 1. The summed E-state index contributed by atoms with van der Waals surface area (Å²) >= 11 is 9.89. The van der Waals surface area contributed by atoms with Gasteiger partial charge in [0.15, 0.2) is 0 Å². The maximum Gasteiger partial charge on any atom is 0.242 e. The normalized spacial score (nSPS) is 17.4. The van der Waals surface area contributed by atoms with Gasteiger partial charge >= 0.3 is 0 Å². The van der Waals surface area contributed by atoms with E-state index in [-0.39, 0.29) is 35.3 Å². The number of benzene rings is 2. The second kappa shape index (κ2) is 11.7. The Morgan fingerprint density at radius 1 is 0.951 bits per heavy atom. The molecule has 2 aromatic carbocycles. The standard InChI is InChI=1S/C30H28ClN5O3S2/c1-20(37)33-13-15-34(16-14-33)25(38)18-35-26(39)19-41-29(24-12-7-17-40-24)27-28(21-8-3-2-4-9-21)32-36(30(27)35)23-11-6-5-10-22(23)31/h2-12,17,29H,13-16,18-19H2,1H3. The second-order valence-corrected chi connectivity index (χ2v) is 12.4. The molecule has 210 valence electrons. The number of carbonyl (C=O) groups excluding carboxylic acids is 3. The van der Waals surface area contributed by atoms with Crippen LogP contribution in [0, 0.1) is 0 Å². The van der Waals surface area contributed by atoms with E-state index in [9.17, 15) is 14.4 Å². The molecular formula is C30H28ClN5O3S2. The van der Waals surface area contributed by atoms with E-state index < -0.39 is 0 Å². The zero-order valence-corrected chi connectivity index (χ0v) is 24.8. The molecule has 3 amide bonds. The Morgan fingerprint density at radius 3 is 2.34 bits per heavy atom. The van der Waals surface area contributed by atoms with Crippen molar-refractivity contribution in [2.75, 3.05) is 43.4 Å². The fourth-order valence-corrected chi connectivity index (χ4v) is 7.68. The summed E-state index contributed by atoms with van der Waals surface area (Å²) in [7, 11) is 0. The molecule has 41 heavy (non-hydrogen) atoms. The van der Waals surface area contributed by atoms with Crippen LogP contribution < -0.4 is 4.90 Å². The Labute approximate surface area is 251 Å². The monoisotopic (exact) mass is 605 g/mol. The molecule has 0 bridgehead atoms. The first kappa shape index (κ1) is 27.6. The Morgan fingerprint density at radius 2 is 1.66 bits per heavy atom. The van der Waals surface area contributed by atoms with Crippen LogP contribution in [-0.2, 0) is 14.4 Å². The van der Waals surface area contributed by atoms with Crippen molar-refractivity contribution in [3.8, 4) is 16.9 Å². The lowest BCUT2D eigenvalue weighted by Gasteiger charge is -2.35. The lowest BCUT2D eigenvalue weighted by Crippen LogP contribution is -2.53. The van der Waals surface area contributed by atoms with Crippen LogP contribution in [0.5, 0.6) is 0 Å². The first-order chi connectivity index (χ1) is 19.9. The van der Waals surface area contributed by atoms with Crippen LogP contribution >= 0.6 is 34.7 Å². The number of hydrogen-bond acceptors (Lipinski definition) is 6. The molecule has 1 unspecified atom stereocenters. The van der Waals surface area contributed by atoms with Crippen LogP contribution in [0.4, 0.5) is 5.82 Å². The number of thiophene rings is 1. The van der Waals surface area contributed by atoms with Crippen LogP contribution in [0.2, 0.25) is 5.02 Å². The topological polar surface area (TPSA) is 78.8 Å². The number of hydrogen-bond donors (Lipinski definition) is 0. The van der Waals surface area contributed by atoms with Crippen molar-refractivity contribution >= 4 is 58.2 Å². The first-order valence-corrected chi connectivity index (χ1v) is 15.6. The average Bonchev–Trinajstić information content (AvgIpc) is 3.63. The van der Waals surface area contributed by atoms with Gasteiger partial charge in [0.2, 0.25) is 17.7 Å². The number of aromatic nitrogens is 2. The van der Waals surface area contributed by atoms with E-state index in [1.165, 1.54) is 6.92 Å². The molecule has 1 saturated heterocycles. The summed E-state index contributed by atoms with van der Waals surface area (Å²) in [5, 5.41) is 7.44. The fraction of sp³-hybridized carbons (Fsp3) is 0.267. The number of nitrogens with zero attached hydrogens (tertiary/aromatic N) is 5. The van der Waals surface area contributed by atoms with E-state index in [0.717, 1.165) is 21.7 Å². The number of carbonyl (C=O) groups is 3. The zero-order valence-electron chi connectivity index (χ0n) is 22.4. The Hall–Kier alpha value is -3.60. The lowest BCUT2D eigenvalue weighted by molar-refractivity contribution is -0.137. The number of amides is 3. The molecule has 0 aliphatic carbocycles. The third kappa shape index (κ3) is 5.39. The number of anilines is 1. The predicted molar refractivity (Wildman–Crippen MR) is 164 cm³/mol. The van der Waals surface area contributed by atoms with E-state index in [2.05, 4.69) is 6.07 Å². The SMILES string of the molecule is CC(=O)N1CCN(C(=O)CN2C(=O)CSC(c3cccs3)c3c(-c4ccccc4)nn(-c4ccccc4Cl)c32)CC1. The molecule has 4 aromatic rings. The summed E-state index contributed by atoms with van der Waals surface area (Å²) < 4.78 is 1.73. The molecule has 0 spiro atoms. The molecule has 2 aliphatic heterocycles. The van der Waals surface area contributed by atoms with E-state index in [4.69, 9.17) is 16.7 Å². The summed E-state index contributed by atoms with van der Waals surface area (Å²) in [6.45, 7) is 3.22. The van der Waals surface area contributed by atoms with Gasteiger partial charge in [-0.25, -0.2) is 4.68 Å². The van der Waals surface area contributed by atoms with Gasteiger partial charge in [-0.1, -0.05) is 60.1 Å². The minimum atomic E-state index is -0.168. The van der Waals surface area contributed by atoms with E-state index in [1.54, 1.807) is 48.5 Å². The Bertz CT molecular complexity index is 1580. The first-order valence-electron chi connectivity index (χ1n) is 13.3. The molecule has 0 saturated carbocycles. The summed E-state index contributed by atoms with van der Waals surface area (Å²) in [5.74, 6) is 0.428. The van der Waals surface area contributed by atoms with Gasteiger partial charge in [0.05, 0.1) is 27.4 Å². The maximum absolute atomic E-state index is 13.9. The summed E-state index contributed by atoms with van der Waals surface area (Å²) in [6, 6.07) is 21.4. The zero-order chi connectivity index (χ0) is 28.5. The van der Waals surface area contributed by atoms with Gasteiger partial charge in [0.1, 0.15) is 12.4 Å². The second-order valence-electron chi connectivity index (χ2n) is 9.89. The minimum Gasteiger partial charge on any atom is -0.339 e. The molecule has 1 fully saturated rings. The van der Waals surface area contributed by atoms with Gasteiger partial charge in [0.25, 0.3) is 0 Å². The van der Waals surface area contributed by atoms with Gasteiger partial charge < -0.3 is 9.80 Å². The molecule has 2 aliphatic rings. The minimum absolute atomic E-state index is 0.00170. The van der Waals surface area contributed by atoms with E-state index in [0.29, 0.717) is 42.7 Å². The van der Waals surface area contributed by atoms with Crippen LogP contribution in [0.25, 0.3) is 16.9 Å². The Kier molecular flexibility index (Phi) is 7.88. The van der Waals surface area contributed by atoms with E-state index in [1.807, 2.05) is 60.0 Å². The van der Waals surface area contributed by atoms with Gasteiger partial charge in [0, 0.05) is 49.1 Å². The number of rotatable bonds is 5. The third-order valence-corrected chi connectivity index (χ3v) is 10.0.